The molecule has 1 atom stereocenters. The highest BCUT2D eigenvalue weighted by Gasteiger charge is 2.57. The average Bonchev–Trinajstić information content (AvgIpc) is 3.55. The van der Waals surface area contributed by atoms with Crippen LogP contribution in [0, 0.1) is 11.8 Å². The van der Waals surface area contributed by atoms with E-state index in [9.17, 15) is 9.59 Å². The molecule has 5 nitrogen and oxygen atoms in total. The zero-order valence-corrected chi connectivity index (χ0v) is 16.2. The molecule has 5 rings (SSSR count). The van der Waals surface area contributed by atoms with Gasteiger partial charge in [-0.2, -0.15) is 0 Å². The first-order valence-electron chi connectivity index (χ1n) is 9.52. The van der Waals surface area contributed by atoms with E-state index in [4.69, 9.17) is 4.99 Å². The van der Waals surface area contributed by atoms with E-state index in [0.717, 1.165) is 61.1 Å². The fourth-order valence-electron chi connectivity index (χ4n) is 4.12. The number of amidine groups is 1. The van der Waals surface area contributed by atoms with Gasteiger partial charge in [0.2, 0.25) is 5.91 Å². The molecule has 2 saturated carbocycles. The summed E-state index contributed by atoms with van der Waals surface area (Å²) in [4.78, 5) is 34.0. The van der Waals surface area contributed by atoms with Crippen LogP contribution >= 0.6 is 15.9 Å². The third-order valence-corrected chi connectivity index (χ3v) is 6.54. The van der Waals surface area contributed by atoms with E-state index in [-0.39, 0.29) is 11.8 Å². The SMILES string of the molecule is O=C(C1CC1)N1CC[C@@H](CN2C(=O)C3(CC3)N=C2c2ccc(Br)cc2)C1. The Balaban J connectivity index is 1.34. The van der Waals surface area contributed by atoms with Crippen molar-refractivity contribution >= 4 is 33.6 Å². The van der Waals surface area contributed by atoms with Crippen molar-refractivity contribution in [3.63, 3.8) is 0 Å². The third-order valence-electron chi connectivity index (χ3n) is 6.01. The summed E-state index contributed by atoms with van der Waals surface area (Å²) in [5.41, 5.74) is 0.513. The fraction of sp³-hybridized carbons (Fsp3) is 0.550. The zero-order chi connectivity index (χ0) is 17.9. The van der Waals surface area contributed by atoms with Gasteiger partial charge < -0.3 is 4.90 Å². The van der Waals surface area contributed by atoms with Gasteiger partial charge >= 0.3 is 0 Å². The minimum absolute atomic E-state index is 0.155. The Morgan fingerprint density at radius 2 is 1.92 bits per heavy atom. The monoisotopic (exact) mass is 415 g/mol. The maximum Gasteiger partial charge on any atom is 0.256 e. The first-order valence-corrected chi connectivity index (χ1v) is 10.3. The molecule has 2 heterocycles. The Hall–Kier alpha value is -1.69. The highest BCUT2D eigenvalue weighted by Crippen LogP contribution is 2.46. The van der Waals surface area contributed by atoms with Gasteiger partial charge in [-0.1, -0.05) is 28.1 Å². The lowest BCUT2D eigenvalue weighted by Crippen LogP contribution is -2.40. The zero-order valence-electron chi connectivity index (χ0n) is 14.7. The molecule has 0 radical (unpaired) electrons. The second-order valence-electron chi connectivity index (χ2n) is 8.10. The number of hydrogen-bond donors (Lipinski definition) is 0. The van der Waals surface area contributed by atoms with E-state index in [2.05, 4.69) is 15.9 Å². The highest BCUT2D eigenvalue weighted by molar-refractivity contribution is 9.10. The van der Waals surface area contributed by atoms with Crippen molar-refractivity contribution in [1.82, 2.24) is 9.80 Å². The Morgan fingerprint density at radius 1 is 1.19 bits per heavy atom. The van der Waals surface area contributed by atoms with E-state index < -0.39 is 5.54 Å². The van der Waals surface area contributed by atoms with Crippen LogP contribution in [0.3, 0.4) is 0 Å². The first-order chi connectivity index (χ1) is 12.6. The average molecular weight is 416 g/mol. The number of carbonyl (C=O) groups excluding carboxylic acids is 2. The third kappa shape index (κ3) is 2.79. The molecule has 1 aromatic rings. The van der Waals surface area contributed by atoms with Crippen LogP contribution < -0.4 is 0 Å². The Bertz CT molecular complexity index is 796. The number of amides is 2. The fourth-order valence-corrected chi connectivity index (χ4v) is 4.38. The van der Waals surface area contributed by atoms with Gasteiger partial charge in [0.25, 0.3) is 5.91 Å². The molecule has 26 heavy (non-hydrogen) atoms. The molecule has 0 N–H and O–H groups in total. The normalized spacial score (nSPS) is 26.6. The summed E-state index contributed by atoms with van der Waals surface area (Å²) in [7, 11) is 0. The molecule has 2 aliphatic carbocycles. The number of aliphatic imine (C=N–C) groups is 1. The summed E-state index contributed by atoms with van der Waals surface area (Å²) in [6.45, 7) is 2.28. The molecule has 1 saturated heterocycles. The number of rotatable bonds is 4. The largest absolute Gasteiger partial charge is 0.342 e. The number of likely N-dealkylation sites (tertiary alicyclic amines) is 1. The number of carbonyl (C=O) groups is 2. The maximum absolute atomic E-state index is 13.0. The maximum atomic E-state index is 13.0. The molecule has 4 aliphatic rings. The van der Waals surface area contributed by atoms with Crippen molar-refractivity contribution < 1.29 is 9.59 Å². The molecule has 6 heteroatoms. The van der Waals surface area contributed by atoms with Crippen molar-refractivity contribution in [2.45, 2.75) is 37.6 Å². The van der Waals surface area contributed by atoms with E-state index in [1.165, 1.54) is 0 Å². The summed E-state index contributed by atoms with van der Waals surface area (Å²) >= 11 is 3.47. The van der Waals surface area contributed by atoms with Gasteiger partial charge in [-0.15, -0.1) is 0 Å². The molecule has 0 bridgehead atoms. The number of halogens is 1. The highest BCUT2D eigenvalue weighted by atomic mass is 79.9. The van der Waals surface area contributed by atoms with Crippen LogP contribution in [0.4, 0.5) is 0 Å². The first kappa shape index (κ1) is 16.5. The lowest BCUT2D eigenvalue weighted by Gasteiger charge is -2.23. The van der Waals surface area contributed by atoms with Crippen molar-refractivity contribution in [3.05, 3.63) is 34.3 Å². The summed E-state index contributed by atoms with van der Waals surface area (Å²) in [6, 6.07) is 8.01. The summed E-state index contributed by atoms with van der Waals surface area (Å²) in [6.07, 6.45) is 4.79. The van der Waals surface area contributed by atoms with Gasteiger partial charge in [-0.25, -0.2) is 0 Å². The topological polar surface area (TPSA) is 53.0 Å². The quantitative estimate of drug-likeness (QED) is 0.758. The predicted octanol–water partition coefficient (Wildman–Crippen LogP) is 2.83. The lowest BCUT2D eigenvalue weighted by molar-refractivity contribution is -0.131. The van der Waals surface area contributed by atoms with Gasteiger partial charge in [0.15, 0.2) is 0 Å². The molecule has 0 aromatic heterocycles. The molecular weight excluding hydrogens is 394 g/mol. The van der Waals surface area contributed by atoms with E-state index in [1.807, 2.05) is 34.1 Å². The Morgan fingerprint density at radius 3 is 2.58 bits per heavy atom. The summed E-state index contributed by atoms with van der Waals surface area (Å²) in [5.74, 6) is 1.91. The minimum atomic E-state index is -0.482. The van der Waals surface area contributed by atoms with Crippen LogP contribution in [0.25, 0.3) is 0 Å². The second kappa shape index (κ2) is 5.91. The Kier molecular flexibility index (Phi) is 3.75. The van der Waals surface area contributed by atoms with E-state index >= 15 is 0 Å². The number of benzene rings is 1. The standard InChI is InChI=1S/C20H22BrN3O2/c21-16-5-3-14(4-6-16)17-22-20(8-9-20)19(26)24(17)12-13-7-10-23(11-13)18(25)15-1-2-15/h3-6,13,15H,1-2,7-12H2/t13-/m1/s1. The van der Waals surface area contributed by atoms with Crippen molar-refractivity contribution in [3.8, 4) is 0 Å². The second-order valence-corrected chi connectivity index (χ2v) is 9.02. The summed E-state index contributed by atoms with van der Waals surface area (Å²) in [5, 5.41) is 0. The number of nitrogens with zero attached hydrogens (tertiary/aromatic N) is 3. The van der Waals surface area contributed by atoms with Crippen molar-refractivity contribution in [1.29, 1.82) is 0 Å². The van der Waals surface area contributed by atoms with Gasteiger partial charge in [0.05, 0.1) is 0 Å². The van der Waals surface area contributed by atoms with Crippen LogP contribution in [-0.2, 0) is 9.59 Å². The predicted molar refractivity (Wildman–Crippen MR) is 102 cm³/mol. The molecule has 0 unspecified atom stereocenters. The lowest BCUT2D eigenvalue weighted by atomic mass is 10.1. The van der Waals surface area contributed by atoms with Crippen LogP contribution in [-0.4, -0.2) is 52.6 Å². The van der Waals surface area contributed by atoms with Crippen molar-refractivity contribution in [2.24, 2.45) is 16.8 Å². The van der Waals surface area contributed by atoms with Gasteiger partial charge in [-0.05, 0) is 50.2 Å². The molecular formula is C20H22BrN3O2. The molecule has 2 aliphatic heterocycles. The van der Waals surface area contributed by atoms with E-state index in [0.29, 0.717) is 18.4 Å². The van der Waals surface area contributed by atoms with Gasteiger partial charge in [0.1, 0.15) is 11.4 Å². The smallest absolute Gasteiger partial charge is 0.256 e. The molecule has 3 fully saturated rings. The Labute approximate surface area is 161 Å². The molecule has 136 valence electrons. The minimum Gasteiger partial charge on any atom is -0.342 e. The summed E-state index contributed by atoms with van der Waals surface area (Å²) < 4.78 is 1.02. The van der Waals surface area contributed by atoms with Crippen LogP contribution in [0.15, 0.2) is 33.7 Å². The van der Waals surface area contributed by atoms with Crippen LogP contribution in [0.1, 0.15) is 37.7 Å². The van der Waals surface area contributed by atoms with Crippen LogP contribution in [0.5, 0.6) is 0 Å². The molecule has 1 spiro atoms. The van der Waals surface area contributed by atoms with E-state index in [1.54, 1.807) is 0 Å². The van der Waals surface area contributed by atoms with Crippen molar-refractivity contribution in [2.75, 3.05) is 19.6 Å². The molecule has 2 amide bonds. The molecule has 1 aromatic carbocycles. The number of hydrogen-bond acceptors (Lipinski definition) is 3. The van der Waals surface area contributed by atoms with Gasteiger partial charge in [-0.3, -0.25) is 19.5 Å². The van der Waals surface area contributed by atoms with Crippen LogP contribution in [0.2, 0.25) is 0 Å². The van der Waals surface area contributed by atoms with Gasteiger partial charge in [0, 0.05) is 35.6 Å².